The van der Waals surface area contributed by atoms with Crippen LogP contribution in [0, 0.1) is 0 Å². The molecule has 2 aliphatic rings. The minimum absolute atomic E-state index is 0.0815. The molecule has 2 aromatic rings. The van der Waals surface area contributed by atoms with E-state index in [9.17, 15) is 4.79 Å². The van der Waals surface area contributed by atoms with Crippen LogP contribution in [0.15, 0.2) is 42.7 Å². The second kappa shape index (κ2) is 7.13. The van der Waals surface area contributed by atoms with Crippen molar-refractivity contribution in [1.82, 2.24) is 9.88 Å². The topological polar surface area (TPSA) is 48.5 Å². The summed E-state index contributed by atoms with van der Waals surface area (Å²) in [7, 11) is 0. The molecular formula is C20H24N4O. The lowest BCUT2D eigenvalue weighted by Crippen LogP contribution is -2.27. The predicted octanol–water partition coefficient (Wildman–Crippen LogP) is 3.66. The molecule has 4 rings (SSSR count). The van der Waals surface area contributed by atoms with Gasteiger partial charge in [-0.15, -0.1) is 0 Å². The molecule has 0 saturated carbocycles. The Hall–Kier alpha value is -2.56. The summed E-state index contributed by atoms with van der Waals surface area (Å²) in [5.41, 5.74) is 3.79. The summed E-state index contributed by atoms with van der Waals surface area (Å²) in [6.07, 6.45) is 8.17. The van der Waals surface area contributed by atoms with Crippen molar-refractivity contribution in [2.45, 2.75) is 25.7 Å². The van der Waals surface area contributed by atoms with E-state index in [0.29, 0.717) is 5.56 Å². The van der Waals surface area contributed by atoms with E-state index in [2.05, 4.69) is 39.5 Å². The van der Waals surface area contributed by atoms with Crippen LogP contribution in [-0.4, -0.2) is 42.0 Å². The Morgan fingerprint density at radius 2 is 1.56 bits per heavy atom. The third-order valence-electron chi connectivity index (χ3n) is 5.01. The van der Waals surface area contributed by atoms with Crippen LogP contribution in [0.5, 0.6) is 0 Å². The molecule has 5 heteroatoms. The van der Waals surface area contributed by atoms with Gasteiger partial charge in [0.2, 0.25) is 0 Å². The number of carbonyl (C=O) groups excluding carboxylic acids is 1. The van der Waals surface area contributed by atoms with E-state index in [1.54, 1.807) is 12.4 Å². The molecule has 1 aromatic heterocycles. The fraction of sp³-hybridized carbons (Fsp3) is 0.400. The Morgan fingerprint density at radius 3 is 2.28 bits per heavy atom. The SMILES string of the molecule is O=C(c1cncc(Nc2ccc(N3CCCC3)cc2)c1)N1CCCC1. The van der Waals surface area contributed by atoms with E-state index in [0.717, 1.165) is 50.4 Å². The van der Waals surface area contributed by atoms with Gasteiger partial charge in [0.25, 0.3) is 5.91 Å². The number of carbonyl (C=O) groups is 1. The molecule has 5 nitrogen and oxygen atoms in total. The number of aromatic nitrogens is 1. The van der Waals surface area contributed by atoms with Gasteiger partial charge in [-0.2, -0.15) is 0 Å². The lowest BCUT2D eigenvalue weighted by atomic mass is 10.2. The monoisotopic (exact) mass is 336 g/mol. The summed E-state index contributed by atoms with van der Waals surface area (Å²) < 4.78 is 0. The van der Waals surface area contributed by atoms with Crippen molar-refractivity contribution in [3.8, 4) is 0 Å². The zero-order valence-corrected chi connectivity index (χ0v) is 14.4. The van der Waals surface area contributed by atoms with E-state index in [4.69, 9.17) is 0 Å². The Kier molecular flexibility index (Phi) is 4.55. The van der Waals surface area contributed by atoms with Crippen molar-refractivity contribution in [2.75, 3.05) is 36.4 Å². The van der Waals surface area contributed by atoms with Gasteiger partial charge in [-0.25, -0.2) is 0 Å². The van der Waals surface area contributed by atoms with Crippen LogP contribution in [-0.2, 0) is 0 Å². The van der Waals surface area contributed by atoms with Gasteiger partial charge in [0, 0.05) is 43.8 Å². The number of pyridine rings is 1. The fourth-order valence-corrected chi connectivity index (χ4v) is 3.63. The van der Waals surface area contributed by atoms with Gasteiger partial charge < -0.3 is 15.1 Å². The maximum absolute atomic E-state index is 12.5. The standard InChI is InChI=1S/C20H24N4O/c25-20(24-11-3-4-12-24)16-13-18(15-21-14-16)22-17-5-7-19(8-6-17)23-9-1-2-10-23/h5-8,13-15,22H,1-4,9-12H2. The van der Waals surface area contributed by atoms with Crippen molar-refractivity contribution in [2.24, 2.45) is 0 Å². The van der Waals surface area contributed by atoms with Crippen LogP contribution < -0.4 is 10.2 Å². The average molecular weight is 336 g/mol. The first-order valence-corrected chi connectivity index (χ1v) is 9.16. The Morgan fingerprint density at radius 1 is 0.880 bits per heavy atom. The van der Waals surface area contributed by atoms with E-state index in [-0.39, 0.29) is 5.91 Å². The number of benzene rings is 1. The van der Waals surface area contributed by atoms with Crippen LogP contribution in [0.25, 0.3) is 0 Å². The lowest BCUT2D eigenvalue weighted by Gasteiger charge is -2.18. The maximum atomic E-state index is 12.5. The number of nitrogens with one attached hydrogen (secondary N) is 1. The van der Waals surface area contributed by atoms with Gasteiger partial charge in [-0.05, 0) is 56.0 Å². The average Bonchev–Trinajstić information content (AvgIpc) is 3.36. The molecule has 2 aliphatic heterocycles. The van der Waals surface area contributed by atoms with E-state index >= 15 is 0 Å². The summed E-state index contributed by atoms with van der Waals surface area (Å²) in [4.78, 5) is 21.1. The molecule has 1 aromatic carbocycles. The van der Waals surface area contributed by atoms with E-state index in [1.165, 1.54) is 18.5 Å². The fourth-order valence-electron chi connectivity index (χ4n) is 3.63. The van der Waals surface area contributed by atoms with Crippen LogP contribution in [0.2, 0.25) is 0 Å². The second-order valence-corrected chi connectivity index (χ2v) is 6.83. The van der Waals surface area contributed by atoms with Crippen molar-refractivity contribution in [1.29, 1.82) is 0 Å². The molecule has 3 heterocycles. The van der Waals surface area contributed by atoms with Gasteiger partial charge in [-0.1, -0.05) is 0 Å². The smallest absolute Gasteiger partial charge is 0.255 e. The molecule has 0 aliphatic carbocycles. The molecule has 0 radical (unpaired) electrons. The number of hydrogen-bond donors (Lipinski definition) is 1. The second-order valence-electron chi connectivity index (χ2n) is 6.83. The van der Waals surface area contributed by atoms with Crippen molar-refractivity contribution < 1.29 is 4.79 Å². The van der Waals surface area contributed by atoms with Crippen LogP contribution in [0.3, 0.4) is 0 Å². The first-order chi connectivity index (χ1) is 12.3. The largest absolute Gasteiger partial charge is 0.372 e. The third-order valence-corrected chi connectivity index (χ3v) is 5.01. The van der Waals surface area contributed by atoms with Crippen LogP contribution >= 0.6 is 0 Å². The van der Waals surface area contributed by atoms with E-state index in [1.807, 2.05) is 11.0 Å². The molecule has 0 unspecified atom stereocenters. The van der Waals surface area contributed by atoms with Gasteiger partial charge in [0.1, 0.15) is 0 Å². The Labute approximate surface area is 148 Å². The highest BCUT2D eigenvalue weighted by atomic mass is 16.2. The number of amides is 1. The summed E-state index contributed by atoms with van der Waals surface area (Å²) in [5, 5.41) is 3.36. The molecule has 130 valence electrons. The molecule has 2 saturated heterocycles. The first kappa shape index (κ1) is 15.9. The molecule has 0 bridgehead atoms. The van der Waals surface area contributed by atoms with Gasteiger partial charge in [-0.3, -0.25) is 9.78 Å². The molecule has 1 amide bonds. The highest BCUT2D eigenvalue weighted by Crippen LogP contribution is 2.24. The van der Waals surface area contributed by atoms with Crippen LogP contribution in [0.4, 0.5) is 17.1 Å². The predicted molar refractivity (Wildman–Crippen MR) is 101 cm³/mol. The number of nitrogens with zero attached hydrogens (tertiary/aromatic N) is 3. The summed E-state index contributed by atoms with van der Waals surface area (Å²) >= 11 is 0. The number of anilines is 3. The maximum Gasteiger partial charge on any atom is 0.255 e. The molecule has 1 N–H and O–H groups in total. The first-order valence-electron chi connectivity index (χ1n) is 9.16. The minimum Gasteiger partial charge on any atom is -0.372 e. The number of hydrogen-bond acceptors (Lipinski definition) is 4. The molecular weight excluding hydrogens is 312 g/mol. The highest BCUT2D eigenvalue weighted by Gasteiger charge is 2.20. The van der Waals surface area contributed by atoms with Crippen molar-refractivity contribution in [3.63, 3.8) is 0 Å². The quantitative estimate of drug-likeness (QED) is 0.926. The molecule has 25 heavy (non-hydrogen) atoms. The third kappa shape index (κ3) is 3.60. The minimum atomic E-state index is 0.0815. The van der Waals surface area contributed by atoms with Gasteiger partial charge in [0.05, 0.1) is 17.4 Å². The van der Waals surface area contributed by atoms with Crippen LogP contribution in [0.1, 0.15) is 36.0 Å². The van der Waals surface area contributed by atoms with Crippen molar-refractivity contribution in [3.05, 3.63) is 48.3 Å². The van der Waals surface area contributed by atoms with Gasteiger partial charge in [0.15, 0.2) is 0 Å². The summed E-state index contributed by atoms with van der Waals surface area (Å²) in [6.45, 7) is 4.01. The lowest BCUT2D eigenvalue weighted by molar-refractivity contribution is 0.0792. The molecule has 2 fully saturated rings. The zero-order chi connectivity index (χ0) is 17.1. The zero-order valence-electron chi connectivity index (χ0n) is 14.4. The summed E-state index contributed by atoms with van der Waals surface area (Å²) in [5.74, 6) is 0.0815. The number of likely N-dealkylation sites (tertiary alicyclic amines) is 1. The van der Waals surface area contributed by atoms with E-state index < -0.39 is 0 Å². The molecule has 0 spiro atoms. The number of rotatable bonds is 4. The summed E-state index contributed by atoms with van der Waals surface area (Å²) in [6, 6.07) is 10.4. The highest BCUT2D eigenvalue weighted by molar-refractivity contribution is 5.95. The Balaban J connectivity index is 1.45. The molecule has 0 atom stereocenters. The Bertz CT molecular complexity index is 732. The van der Waals surface area contributed by atoms with Gasteiger partial charge >= 0.3 is 0 Å². The van der Waals surface area contributed by atoms with Crippen molar-refractivity contribution >= 4 is 23.0 Å². The normalized spacial score (nSPS) is 17.1.